The summed E-state index contributed by atoms with van der Waals surface area (Å²) in [5, 5.41) is 0. The van der Waals surface area contributed by atoms with Gasteiger partial charge in [0.05, 0.1) is 24.6 Å². The topological polar surface area (TPSA) is 53.2 Å². The number of ether oxygens (including phenoxy) is 1. The maximum atomic E-state index is 12.4. The van der Waals surface area contributed by atoms with Crippen molar-refractivity contribution in [1.82, 2.24) is 9.13 Å². The second-order valence-electron chi connectivity index (χ2n) is 4.40. The average Bonchev–Trinajstić information content (AvgIpc) is 2.70. The number of aryl methyl sites for hydroxylation is 2. The molecule has 5 heteroatoms. The Morgan fingerprint density at radius 2 is 1.74 bits per heavy atom. The molecule has 1 aromatic heterocycles. The van der Waals surface area contributed by atoms with Crippen LogP contribution in [0.5, 0.6) is 0 Å². The highest BCUT2D eigenvalue weighted by Crippen LogP contribution is 2.13. The summed E-state index contributed by atoms with van der Waals surface area (Å²) in [5.74, 6) is -0.306. The van der Waals surface area contributed by atoms with Crippen LogP contribution in [0.15, 0.2) is 29.1 Å². The number of para-hydroxylation sites is 2. The van der Waals surface area contributed by atoms with Crippen LogP contribution in [-0.2, 0) is 22.6 Å². The summed E-state index contributed by atoms with van der Waals surface area (Å²) in [5.41, 5.74) is 1.72. The minimum absolute atomic E-state index is 0.0630. The van der Waals surface area contributed by atoms with Crippen LogP contribution in [0.4, 0.5) is 0 Å². The Kier molecular flexibility index (Phi) is 4.04. The highest BCUT2D eigenvalue weighted by atomic mass is 16.5. The Hall–Kier alpha value is -2.04. The number of carbonyl (C=O) groups is 1. The van der Waals surface area contributed by atoms with E-state index in [1.807, 2.05) is 31.2 Å². The standard InChI is InChI=1S/C14H18N2O3/c1-3-9-15-11-6-4-5-7-12(11)16(14(15)18)10-8-13(17)19-2/h4-7H,3,8-10H2,1-2H3. The first-order chi connectivity index (χ1) is 9.19. The highest BCUT2D eigenvalue weighted by molar-refractivity contribution is 5.76. The third-order valence-corrected chi connectivity index (χ3v) is 3.14. The molecular formula is C14H18N2O3. The molecule has 0 radical (unpaired) electrons. The van der Waals surface area contributed by atoms with Crippen molar-refractivity contribution in [1.29, 1.82) is 0 Å². The summed E-state index contributed by atoms with van der Waals surface area (Å²) in [6.07, 6.45) is 1.10. The molecular weight excluding hydrogens is 244 g/mol. The largest absolute Gasteiger partial charge is 0.469 e. The van der Waals surface area contributed by atoms with E-state index >= 15 is 0 Å². The average molecular weight is 262 g/mol. The fourth-order valence-electron chi connectivity index (χ4n) is 2.23. The molecule has 0 unspecified atom stereocenters. The molecule has 0 fully saturated rings. The summed E-state index contributed by atoms with van der Waals surface area (Å²) >= 11 is 0. The maximum Gasteiger partial charge on any atom is 0.329 e. The highest BCUT2D eigenvalue weighted by Gasteiger charge is 2.13. The Morgan fingerprint density at radius 1 is 1.16 bits per heavy atom. The van der Waals surface area contributed by atoms with Gasteiger partial charge in [0.2, 0.25) is 0 Å². The zero-order valence-electron chi connectivity index (χ0n) is 11.3. The summed E-state index contributed by atoms with van der Waals surface area (Å²) in [6.45, 7) is 3.07. The number of esters is 1. The monoisotopic (exact) mass is 262 g/mol. The van der Waals surface area contributed by atoms with Crippen LogP contribution in [0, 0.1) is 0 Å². The maximum absolute atomic E-state index is 12.4. The van der Waals surface area contributed by atoms with Gasteiger partial charge in [-0.15, -0.1) is 0 Å². The molecule has 0 bridgehead atoms. The molecule has 2 rings (SSSR count). The van der Waals surface area contributed by atoms with Crippen LogP contribution in [-0.4, -0.2) is 22.2 Å². The third kappa shape index (κ3) is 2.54. The molecule has 102 valence electrons. The SMILES string of the molecule is CCCn1c(=O)n(CCC(=O)OC)c2ccccc21. The van der Waals surface area contributed by atoms with Crippen molar-refractivity contribution in [3.63, 3.8) is 0 Å². The number of carbonyl (C=O) groups excluding carboxylic acids is 1. The number of rotatable bonds is 5. The van der Waals surface area contributed by atoms with Gasteiger partial charge in [-0.1, -0.05) is 19.1 Å². The number of hydrogen-bond acceptors (Lipinski definition) is 3. The van der Waals surface area contributed by atoms with E-state index in [1.54, 1.807) is 9.13 Å². The lowest BCUT2D eigenvalue weighted by atomic mass is 10.3. The van der Waals surface area contributed by atoms with E-state index in [9.17, 15) is 9.59 Å². The first-order valence-electron chi connectivity index (χ1n) is 6.44. The molecule has 0 atom stereocenters. The third-order valence-electron chi connectivity index (χ3n) is 3.14. The van der Waals surface area contributed by atoms with Crippen LogP contribution in [0.1, 0.15) is 19.8 Å². The quantitative estimate of drug-likeness (QED) is 0.772. The zero-order chi connectivity index (χ0) is 13.8. The smallest absolute Gasteiger partial charge is 0.329 e. The lowest BCUT2D eigenvalue weighted by Crippen LogP contribution is -2.25. The van der Waals surface area contributed by atoms with Crippen LogP contribution < -0.4 is 5.69 Å². The Labute approximate surface area is 111 Å². The van der Waals surface area contributed by atoms with E-state index in [0.717, 1.165) is 17.5 Å². The molecule has 5 nitrogen and oxygen atoms in total. The minimum atomic E-state index is -0.306. The fourth-order valence-corrected chi connectivity index (χ4v) is 2.23. The van der Waals surface area contributed by atoms with Gasteiger partial charge in [-0.05, 0) is 18.6 Å². The number of hydrogen-bond donors (Lipinski definition) is 0. The molecule has 0 aliphatic carbocycles. The molecule has 0 aliphatic heterocycles. The number of methoxy groups -OCH3 is 1. The van der Waals surface area contributed by atoms with Gasteiger partial charge in [0, 0.05) is 13.1 Å². The molecule has 0 aliphatic rings. The summed E-state index contributed by atoms with van der Waals surface area (Å²) in [4.78, 5) is 23.6. The number of imidazole rings is 1. The van der Waals surface area contributed by atoms with E-state index in [-0.39, 0.29) is 18.1 Å². The van der Waals surface area contributed by atoms with Gasteiger partial charge in [-0.25, -0.2) is 4.79 Å². The summed E-state index contributed by atoms with van der Waals surface area (Å²) in [7, 11) is 1.35. The molecule has 19 heavy (non-hydrogen) atoms. The van der Waals surface area contributed by atoms with E-state index < -0.39 is 0 Å². The van der Waals surface area contributed by atoms with Gasteiger partial charge in [0.1, 0.15) is 0 Å². The van der Waals surface area contributed by atoms with Crippen molar-refractivity contribution < 1.29 is 9.53 Å². The second kappa shape index (κ2) is 5.73. The molecule has 0 saturated heterocycles. The number of aromatic nitrogens is 2. The minimum Gasteiger partial charge on any atom is -0.469 e. The van der Waals surface area contributed by atoms with Gasteiger partial charge >= 0.3 is 11.7 Å². The fraction of sp³-hybridized carbons (Fsp3) is 0.429. The van der Waals surface area contributed by atoms with Gasteiger partial charge in [0.15, 0.2) is 0 Å². The Bertz CT molecular complexity index is 640. The van der Waals surface area contributed by atoms with Crippen molar-refractivity contribution in [2.45, 2.75) is 32.9 Å². The molecule has 0 spiro atoms. The van der Waals surface area contributed by atoms with Gasteiger partial charge < -0.3 is 4.74 Å². The molecule has 0 amide bonds. The van der Waals surface area contributed by atoms with Crippen molar-refractivity contribution >= 4 is 17.0 Å². The van der Waals surface area contributed by atoms with Crippen molar-refractivity contribution in [2.75, 3.05) is 7.11 Å². The van der Waals surface area contributed by atoms with Crippen molar-refractivity contribution in [3.8, 4) is 0 Å². The summed E-state index contributed by atoms with van der Waals surface area (Å²) < 4.78 is 8.01. The lowest BCUT2D eigenvalue weighted by Gasteiger charge is -2.01. The molecule has 1 aromatic carbocycles. The number of nitrogens with zero attached hydrogens (tertiary/aromatic N) is 2. The first kappa shape index (κ1) is 13.4. The van der Waals surface area contributed by atoms with Gasteiger partial charge in [0.25, 0.3) is 0 Å². The molecule has 2 aromatic rings. The van der Waals surface area contributed by atoms with Gasteiger partial charge in [-0.3, -0.25) is 13.9 Å². The lowest BCUT2D eigenvalue weighted by molar-refractivity contribution is -0.140. The van der Waals surface area contributed by atoms with E-state index in [1.165, 1.54) is 7.11 Å². The number of benzene rings is 1. The second-order valence-corrected chi connectivity index (χ2v) is 4.40. The Balaban J connectivity index is 2.45. The zero-order valence-corrected chi connectivity index (χ0v) is 11.3. The van der Waals surface area contributed by atoms with Crippen molar-refractivity contribution in [3.05, 3.63) is 34.7 Å². The molecule has 0 saturated carbocycles. The molecule has 0 N–H and O–H groups in total. The number of fused-ring (bicyclic) bond motifs is 1. The van der Waals surface area contributed by atoms with E-state index in [2.05, 4.69) is 4.74 Å². The van der Waals surface area contributed by atoms with E-state index in [0.29, 0.717) is 13.1 Å². The first-order valence-corrected chi connectivity index (χ1v) is 6.44. The van der Waals surface area contributed by atoms with Crippen LogP contribution in [0.2, 0.25) is 0 Å². The van der Waals surface area contributed by atoms with Crippen LogP contribution >= 0.6 is 0 Å². The molecule has 1 heterocycles. The van der Waals surface area contributed by atoms with Crippen LogP contribution in [0.3, 0.4) is 0 Å². The normalized spacial score (nSPS) is 10.8. The Morgan fingerprint density at radius 3 is 2.26 bits per heavy atom. The van der Waals surface area contributed by atoms with E-state index in [4.69, 9.17) is 0 Å². The van der Waals surface area contributed by atoms with Crippen molar-refractivity contribution in [2.24, 2.45) is 0 Å². The predicted molar refractivity (Wildman–Crippen MR) is 73.1 cm³/mol. The summed E-state index contributed by atoms with van der Waals surface area (Å²) in [6, 6.07) is 7.65. The van der Waals surface area contributed by atoms with Gasteiger partial charge in [-0.2, -0.15) is 0 Å². The predicted octanol–water partition coefficient (Wildman–Crippen LogP) is 1.78. The van der Waals surface area contributed by atoms with Crippen LogP contribution in [0.25, 0.3) is 11.0 Å².